The van der Waals surface area contributed by atoms with Gasteiger partial charge in [-0.15, -0.1) is 11.3 Å². The maximum Gasteiger partial charge on any atom is 0.227 e. The lowest BCUT2D eigenvalue weighted by atomic mass is 10.1. The van der Waals surface area contributed by atoms with Gasteiger partial charge in [-0.1, -0.05) is 0 Å². The summed E-state index contributed by atoms with van der Waals surface area (Å²) in [5, 5.41) is 7.09. The molecule has 0 amide bonds. The molecule has 5 rings (SSSR count). The quantitative estimate of drug-likeness (QED) is 0.516. The summed E-state index contributed by atoms with van der Waals surface area (Å²) in [6.45, 7) is 3.40. The molecular formula is C22H21N5O2S. The summed E-state index contributed by atoms with van der Waals surface area (Å²) in [7, 11) is 1.66. The number of hydrogen-bond donors (Lipinski definition) is 1. The highest BCUT2D eigenvalue weighted by Crippen LogP contribution is 2.34. The van der Waals surface area contributed by atoms with Crippen molar-refractivity contribution in [2.24, 2.45) is 0 Å². The third kappa shape index (κ3) is 3.79. The SMILES string of the molecule is COc1cc2nc(Nc3ccc(N4CCOCC4)cc3)ncc2cc1-c1nccs1. The van der Waals surface area contributed by atoms with E-state index in [1.54, 1.807) is 24.6 Å². The average Bonchev–Trinajstić information content (AvgIpc) is 3.34. The van der Waals surface area contributed by atoms with Crippen LogP contribution in [0.5, 0.6) is 5.75 Å². The van der Waals surface area contributed by atoms with Crippen molar-refractivity contribution in [3.8, 4) is 16.3 Å². The lowest BCUT2D eigenvalue weighted by Crippen LogP contribution is -2.36. The van der Waals surface area contributed by atoms with Crippen LogP contribution in [0.15, 0.2) is 54.2 Å². The van der Waals surface area contributed by atoms with Crippen molar-refractivity contribution >= 4 is 39.6 Å². The van der Waals surface area contributed by atoms with Gasteiger partial charge >= 0.3 is 0 Å². The van der Waals surface area contributed by atoms with Crippen LogP contribution >= 0.6 is 11.3 Å². The lowest BCUT2D eigenvalue weighted by Gasteiger charge is -2.28. The largest absolute Gasteiger partial charge is 0.496 e. The Morgan fingerprint density at radius 1 is 1.10 bits per heavy atom. The van der Waals surface area contributed by atoms with Crippen LogP contribution in [0, 0.1) is 0 Å². The van der Waals surface area contributed by atoms with Crippen LogP contribution in [0.1, 0.15) is 0 Å². The van der Waals surface area contributed by atoms with E-state index in [0.717, 1.165) is 59.2 Å². The van der Waals surface area contributed by atoms with Crippen molar-refractivity contribution in [1.82, 2.24) is 15.0 Å². The van der Waals surface area contributed by atoms with Gasteiger partial charge < -0.3 is 19.7 Å². The number of fused-ring (bicyclic) bond motifs is 1. The molecule has 2 aromatic heterocycles. The third-order valence-electron chi connectivity index (χ3n) is 5.06. The molecule has 0 aliphatic carbocycles. The first kappa shape index (κ1) is 18.8. The topological polar surface area (TPSA) is 72.4 Å². The van der Waals surface area contributed by atoms with Gasteiger partial charge in [-0.3, -0.25) is 0 Å². The highest BCUT2D eigenvalue weighted by molar-refractivity contribution is 7.13. The monoisotopic (exact) mass is 419 g/mol. The van der Waals surface area contributed by atoms with Crippen LogP contribution in [0.25, 0.3) is 21.5 Å². The molecule has 0 spiro atoms. The number of nitrogens with one attached hydrogen (secondary N) is 1. The highest BCUT2D eigenvalue weighted by Gasteiger charge is 2.13. The zero-order valence-electron chi connectivity index (χ0n) is 16.5. The van der Waals surface area contributed by atoms with Crippen molar-refractivity contribution in [3.63, 3.8) is 0 Å². The van der Waals surface area contributed by atoms with Gasteiger partial charge in [0.15, 0.2) is 0 Å². The summed E-state index contributed by atoms with van der Waals surface area (Å²) >= 11 is 1.58. The Labute approximate surface area is 178 Å². The molecule has 0 bridgehead atoms. The second-order valence-corrected chi connectivity index (χ2v) is 7.81. The molecule has 0 atom stereocenters. The minimum Gasteiger partial charge on any atom is -0.496 e. The summed E-state index contributed by atoms with van der Waals surface area (Å²) in [6.07, 6.45) is 3.61. The van der Waals surface area contributed by atoms with Crippen LogP contribution in [0.4, 0.5) is 17.3 Å². The third-order valence-corrected chi connectivity index (χ3v) is 5.87. The molecule has 1 fully saturated rings. The number of morpholine rings is 1. The number of aromatic nitrogens is 3. The molecule has 3 heterocycles. The molecule has 7 nitrogen and oxygen atoms in total. The van der Waals surface area contributed by atoms with Gasteiger partial charge in [-0.05, 0) is 30.3 Å². The van der Waals surface area contributed by atoms with Gasteiger partial charge in [0.05, 0.1) is 31.4 Å². The van der Waals surface area contributed by atoms with E-state index in [9.17, 15) is 0 Å². The van der Waals surface area contributed by atoms with Crippen LogP contribution in [-0.4, -0.2) is 48.4 Å². The molecule has 0 saturated carbocycles. The van der Waals surface area contributed by atoms with Crippen LogP contribution in [0.3, 0.4) is 0 Å². The van der Waals surface area contributed by atoms with Crippen molar-refractivity contribution in [2.75, 3.05) is 43.6 Å². The zero-order valence-corrected chi connectivity index (χ0v) is 17.4. The fourth-order valence-corrected chi connectivity index (χ4v) is 4.18. The van der Waals surface area contributed by atoms with E-state index in [1.165, 1.54) is 5.69 Å². The standard InChI is InChI=1S/C22H21N5O2S/c1-28-20-13-19-15(12-18(20)21-23-6-11-30-21)14-24-22(26-19)25-16-2-4-17(5-3-16)27-7-9-29-10-8-27/h2-6,11-14H,7-10H2,1H3,(H,24,25,26). The number of hydrogen-bond acceptors (Lipinski definition) is 8. The Kier molecular flexibility index (Phi) is 5.17. The highest BCUT2D eigenvalue weighted by atomic mass is 32.1. The van der Waals surface area contributed by atoms with E-state index < -0.39 is 0 Å². The Morgan fingerprint density at radius 3 is 2.67 bits per heavy atom. The summed E-state index contributed by atoms with van der Waals surface area (Å²) in [6, 6.07) is 12.3. The number of anilines is 3. The first-order chi connectivity index (χ1) is 14.8. The zero-order chi connectivity index (χ0) is 20.3. The molecule has 1 aliphatic rings. The Hall–Kier alpha value is -3.23. The minimum atomic E-state index is 0.547. The van der Waals surface area contributed by atoms with Crippen molar-refractivity contribution in [3.05, 3.63) is 54.2 Å². The number of benzene rings is 2. The molecule has 8 heteroatoms. The second-order valence-electron chi connectivity index (χ2n) is 6.91. The van der Waals surface area contributed by atoms with E-state index in [4.69, 9.17) is 9.47 Å². The summed E-state index contributed by atoms with van der Waals surface area (Å²) < 4.78 is 11.0. The van der Waals surface area contributed by atoms with Crippen LogP contribution in [-0.2, 0) is 4.74 Å². The fourth-order valence-electron chi connectivity index (χ4n) is 3.52. The smallest absolute Gasteiger partial charge is 0.227 e. The second kappa shape index (κ2) is 8.25. The average molecular weight is 420 g/mol. The van der Waals surface area contributed by atoms with E-state index in [-0.39, 0.29) is 0 Å². The molecule has 4 aromatic rings. The first-order valence-corrected chi connectivity index (χ1v) is 10.6. The molecule has 0 radical (unpaired) electrons. The van der Waals surface area contributed by atoms with Gasteiger partial charge in [0.2, 0.25) is 5.95 Å². The predicted octanol–water partition coefficient (Wildman–Crippen LogP) is 4.34. The molecule has 2 aromatic carbocycles. The van der Waals surface area contributed by atoms with Gasteiger partial charge in [0.1, 0.15) is 10.8 Å². The van der Waals surface area contributed by atoms with Gasteiger partial charge in [0, 0.05) is 53.7 Å². The first-order valence-electron chi connectivity index (χ1n) is 9.74. The molecule has 1 aliphatic heterocycles. The lowest BCUT2D eigenvalue weighted by molar-refractivity contribution is 0.122. The number of thiazole rings is 1. The van der Waals surface area contributed by atoms with E-state index >= 15 is 0 Å². The summed E-state index contributed by atoms with van der Waals surface area (Å²) in [5.41, 5.74) is 3.90. The fraction of sp³-hybridized carbons (Fsp3) is 0.227. The van der Waals surface area contributed by atoms with Crippen molar-refractivity contribution in [2.45, 2.75) is 0 Å². The number of ether oxygens (including phenoxy) is 2. The number of nitrogens with zero attached hydrogens (tertiary/aromatic N) is 4. The molecule has 1 N–H and O–H groups in total. The van der Waals surface area contributed by atoms with Crippen molar-refractivity contribution < 1.29 is 9.47 Å². The Morgan fingerprint density at radius 2 is 1.93 bits per heavy atom. The molecule has 30 heavy (non-hydrogen) atoms. The van der Waals surface area contributed by atoms with Gasteiger partial charge in [-0.2, -0.15) is 0 Å². The number of rotatable bonds is 5. The molecule has 152 valence electrons. The molecule has 0 unspecified atom stereocenters. The maximum absolute atomic E-state index is 5.58. The van der Waals surface area contributed by atoms with E-state index in [0.29, 0.717) is 5.95 Å². The number of methoxy groups -OCH3 is 1. The predicted molar refractivity (Wildman–Crippen MR) is 120 cm³/mol. The summed E-state index contributed by atoms with van der Waals surface area (Å²) in [4.78, 5) is 15.9. The van der Waals surface area contributed by atoms with Gasteiger partial charge in [0.25, 0.3) is 0 Å². The van der Waals surface area contributed by atoms with E-state index in [2.05, 4.69) is 37.3 Å². The molecular weight excluding hydrogens is 398 g/mol. The van der Waals surface area contributed by atoms with E-state index in [1.807, 2.05) is 35.8 Å². The van der Waals surface area contributed by atoms with Gasteiger partial charge in [-0.25, -0.2) is 15.0 Å². The normalized spacial score (nSPS) is 14.1. The Balaban J connectivity index is 1.39. The molecule has 1 saturated heterocycles. The Bertz CT molecular complexity index is 1140. The summed E-state index contributed by atoms with van der Waals surface area (Å²) in [5.74, 6) is 1.29. The van der Waals surface area contributed by atoms with Crippen LogP contribution < -0.4 is 15.0 Å². The van der Waals surface area contributed by atoms with Crippen LogP contribution in [0.2, 0.25) is 0 Å². The minimum absolute atomic E-state index is 0.547. The maximum atomic E-state index is 5.58. The van der Waals surface area contributed by atoms with Crippen molar-refractivity contribution in [1.29, 1.82) is 0 Å².